The smallest absolute Gasteiger partial charge is 0.229 e. The Morgan fingerprint density at radius 1 is 1.41 bits per heavy atom. The zero-order valence-electron chi connectivity index (χ0n) is 13.8. The molecule has 1 aliphatic rings. The van der Waals surface area contributed by atoms with Crippen LogP contribution in [0.4, 0.5) is 0 Å². The lowest BCUT2D eigenvalue weighted by molar-refractivity contribution is -0.133. The van der Waals surface area contributed by atoms with E-state index < -0.39 is 5.41 Å². The molecule has 1 aromatic carbocycles. The highest BCUT2D eigenvalue weighted by Gasteiger charge is 2.41. The molecule has 1 amide bonds. The molecule has 2 rings (SSSR count). The number of likely N-dealkylation sites (N-methyl/N-ethyl adjacent to an activating group) is 1. The molecule has 5 nitrogen and oxygen atoms in total. The minimum Gasteiger partial charge on any atom is -0.384 e. The number of benzene rings is 1. The predicted octanol–water partition coefficient (Wildman–Crippen LogP) is 1.03. The highest BCUT2D eigenvalue weighted by molar-refractivity contribution is 5.83. The molecule has 5 heteroatoms. The van der Waals surface area contributed by atoms with Gasteiger partial charge >= 0.3 is 0 Å². The van der Waals surface area contributed by atoms with Crippen molar-refractivity contribution >= 4 is 5.91 Å². The first-order valence-electron chi connectivity index (χ1n) is 7.78. The van der Waals surface area contributed by atoms with Crippen LogP contribution in [0.15, 0.2) is 30.3 Å². The first-order valence-corrected chi connectivity index (χ1v) is 7.78. The molecule has 2 atom stereocenters. The van der Waals surface area contributed by atoms with Crippen LogP contribution >= 0.6 is 0 Å². The fourth-order valence-corrected chi connectivity index (χ4v) is 3.05. The maximum Gasteiger partial charge on any atom is 0.229 e. The summed E-state index contributed by atoms with van der Waals surface area (Å²) in [5.41, 5.74) is 0.778. The van der Waals surface area contributed by atoms with Crippen LogP contribution in [0.2, 0.25) is 0 Å². The van der Waals surface area contributed by atoms with Gasteiger partial charge in [0.1, 0.15) is 0 Å². The number of hydrogen-bond acceptors (Lipinski definition) is 4. The Balaban J connectivity index is 2.01. The zero-order chi connectivity index (χ0) is 16.0. The van der Waals surface area contributed by atoms with Crippen LogP contribution in [0.25, 0.3) is 0 Å². The molecule has 1 heterocycles. The van der Waals surface area contributed by atoms with E-state index in [0.717, 1.165) is 13.0 Å². The second kappa shape index (κ2) is 7.72. The third kappa shape index (κ3) is 3.85. The Bertz CT molecular complexity index is 470. The number of amides is 1. The van der Waals surface area contributed by atoms with Crippen LogP contribution in [0, 0.1) is 5.41 Å². The Hall–Kier alpha value is -1.43. The van der Waals surface area contributed by atoms with Crippen molar-refractivity contribution in [3.63, 3.8) is 0 Å². The predicted molar refractivity (Wildman–Crippen MR) is 87.7 cm³/mol. The molecule has 2 N–H and O–H groups in total. The average molecular weight is 305 g/mol. The lowest BCUT2D eigenvalue weighted by atomic mass is 9.87. The van der Waals surface area contributed by atoms with Gasteiger partial charge in [-0.2, -0.15) is 0 Å². The highest BCUT2D eigenvalue weighted by atomic mass is 16.5. The molecule has 22 heavy (non-hydrogen) atoms. The normalized spacial score (nSPS) is 22.7. The first kappa shape index (κ1) is 16.9. The van der Waals surface area contributed by atoms with Gasteiger partial charge in [0, 0.05) is 20.2 Å². The van der Waals surface area contributed by atoms with Gasteiger partial charge in [-0.3, -0.25) is 4.79 Å². The Kier molecular flexibility index (Phi) is 5.94. The fourth-order valence-electron chi connectivity index (χ4n) is 3.05. The quantitative estimate of drug-likeness (QED) is 0.790. The van der Waals surface area contributed by atoms with Crippen molar-refractivity contribution in [3.8, 4) is 0 Å². The molecular weight excluding hydrogens is 278 g/mol. The summed E-state index contributed by atoms with van der Waals surface area (Å²) in [7, 11) is 5.72. The van der Waals surface area contributed by atoms with E-state index in [1.165, 1.54) is 5.56 Å². The maximum absolute atomic E-state index is 12.7. The number of nitrogens with zero attached hydrogens (tertiary/aromatic N) is 1. The maximum atomic E-state index is 12.7. The van der Waals surface area contributed by atoms with Gasteiger partial charge in [0.25, 0.3) is 0 Å². The summed E-state index contributed by atoms with van der Waals surface area (Å²) in [4.78, 5) is 14.8. The third-order valence-electron chi connectivity index (χ3n) is 4.41. The van der Waals surface area contributed by atoms with Crippen molar-refractivity contribution < 1.29 is 9.53 Å². The summed E-state index contributed by atoms with van der Waals surface area (Å²) < 4.78 is 5.28. The van der Waals surface area contributed by atoms with Crippen molar-refractivity contribution in [1.29, 1.82) is 0 Å². The molecule has 0 radical (unpaired) electrons. The van der Waals surface area contributed by atoms with Crippen molar-refractivity contribution in [2.75, 3.05) is 47.4 Å². The van der Waals surface area contributed by atoms with Gasteiger partial charge in [0.2, 0.25) is 5.91 Å². The number of nitrogens with one attached hydrogen (secondary N) is 2. The molecule has 0 aromatic heterocycles. The molecule has 0 spiro atoms. The number of carbonyl (C=O) groups excluding carboxylic acids is 1. The second-order valence-corrected chi connectivity index (χ2v) is 6.24. The van der Waals surface area contributed by atoms with E-state index in [2.05, 4.69) is 27.7 Å². The van der Waals surface area contributed by atoms with Crippen molar-refractivity contribution in [2.24, 2.45) is 5.41 Å². The topological polar surface area (TPSA) is 53.6 Å². The van der Waals surface area contributed by atoms with Crippen LogP contribution in [0.5, 0.6) is 0 Å². The number of rotatable bonds is 7. The highest BCUT2D eigenvalue weighted by Crippen LogP contribution is 2.26. The Labute approximate surface area is 133 Å². The van der Waals surface area contributed by atoms with E-state index in [0.29, 0.717) is 19.7 Å². The number of ether oxygens (including phenoxy) is 1. The fraction of sp³-hybridized carbons (Fsp3) is 0.588. The summed E-state index contributed by atoms with van der Waals surface area (Å²) in [6.07, 6.45) is 0.824. The van der Waals surface area contributed by atoms with E-state index in [-0.39, 0.29) is 11.9 Å². The molecular formula is C17H27N3O2. The van der Waals surface area contributed by atoms with Crippen LogP contribution in [-0.4, -0.2) is 58.3 Å². The SMILES string of the molecule is COCC1(C(=O)NCC(c2ccccc2)N(C)C)CCNC1. The van der Waals surface area contributed by atoms with E-state index in [1.807, 2.05) is 32.3 Å². The molecule has 1 saturated heterocycles. The number of hydrogen-bond donors (Lipinski definition) is 2. The molecule has 122 valence electrons. The second-order valence-electron chi connectivity index (χ2n) is 6.24. The molecule has 0 aliphatic carbocycles. The third-order valence-corrected chi connectivity index (χ3v) is 4.41. The molecule has 0 saturated carbocycles. The van der Waals surface area contributed by atoms with Crippen LogP contribution in [0.3, 0.4) is 0 Å². The molecule has 1 fully saturated rings. The van der Waals surface area contributed by atoms with Gasteiger partial charge in [-0.25, -0.2) is 0 Å². The summed E-state index contributed by atoms with van der Waals surface area (Å²) in [6.45, 7) is 2.61. The average Bonchev–Trinajstić information content (AvgIpc) is 2.98. The standard InChI is InChI=1S/C17H27N3O2/c1-20(2)15(14-7-5-4-6-8-14)11-19-16(21)17(13-22-3)9-10-18-12-17/h4-8,15,18H,9-13H2,1-3H3,(H,19,21). The lowest BCUT2D eigenvalue weighted by Crippen LogP contribution is -2.47. The molecule has 1 aromatic rings. The monoisotopic (exact) mass is 305 g/mol. The minimum absolute atomic E-state index is 0.0853. The Morgan fingerprint density at radius 2 is 2.14 bits per heavy atom. The van der Waals surface area contributed by atoms with Gasteiger partial charge in [0.05, 0.1) is 18.1 Å². The van der Waals surface area contributed by atoms with E-state index >= 15 is 0 Å². The summed E-state index contributed by atoms with van der Waals surface area (Å²) in [5, 5.41) is 6.40. The van der Waals surface area contributed by atoms with E-state index in [4.69, 9.17) is 4.74 Å². The van der Waals surface area contributed by atoms with Crippen molar-refractivity contribution in [2.45, 2.75) is 12.5 Å². The Morgan fingerprint density at radius 3 is 2.68 bits per heavy atom. The first-order chi connectivity index (χ1) is 10.6. The zero-order valence-corrected chi connectivity index (χ0v) is 13.8. The van der Waals surface area contributed by atoms with Gasteiger partial charge in [0.15, 0.2) is 0 Å². The van der Waals surface area contributed by atoms with Gasteiger partial charge < -0.3 is 20.3 Å². The van der Waals surface area contributed by atoms with Gasteiger partial charge in [-0.15, -0.1) is 0 Å². The molecule has 0 bridgehead atoms. The largest absolute Gasteiger partial charge is 0.384 e. The van der Waals surface area contributed by atoms with Crippen molar-refractivity contribution in [3.05, 3.63) is 35.9 Å². The number of carbonyl (C=O) groups is 1. The minimum atomic E-state index is -0.428. The molecule has 2 unspecified atom stereocenters. The van der Waals surface area contributed by atoms with E-state index in [9.17, 15) is 4.79 Å². The molecule has 1 aliphatic heterocycles. The number of methoxy groups -OCH3 is 1. The van der Waals surface area contributed by atoms with Gasteiger partial charge in [-0.05, 0) is 32.6 Å². The van der Waals surface area contributed by atoms with Crippen LogP contribution in [0.1, 0.15) is 18.0 Å². The summed E-state index contributed by atoms with van der Waals surface area (Å²) in [5.74, 6) is 0.0853. The van der Waals surface area contributed by atoms with Crippen LogP contribution < -0.4 is 10.6 Å². The lowest BCUT2D eigenvalue weighted by Gasteiger charge is -2.29. The van der Waals surface area contributed by atoms with E-state index in [1.54, 1.807) is 7.11 Å². The van der Waals surface area contributed by atoms with Crippen molar-refractivity contribution in [1.82, 2.24) is 15.5 Å². The van der Waals surface area contributed by atoms with Gasteiger partial charge in [-0.1, -0.05) is 30.3 Å². The summed E-state index contributed by atoms with van der Waals surface area (Å²) >= 11 is 0. The summed E-state index contributed by atoms with van der Waals surface area (Å²) in [6, 6.07) is 10.4. The van der Waals surface area contributed by atoms with Crippen LogP contribution in [-0.2, 0) is 9.53 Å².